The van der Waals surface area contributed by atoms with Crippen molar-refractivity contribution in [1.29, 1.82) is 0 Å². The first-order valence-electron chi connectivity index (χ1n) is 6.69. The number of aryl methyl sites for hydroxylation is 1. The molecule has 0 bridgehead atoms. The molecule has 1 aromatic carbocycles. The predicted octanol–water partition coefficient (Wildman–Crippen LogP) is 4.00. The third kappa shape index (κ3) is 3.18. The number of hydrogen-bond acceptors (Lipinski definition) is 2. The van der Waals surface area contributed by atoms with E-state index in [9.17, 15) is 4.79 Å². The highest BCUT2D eigenvalue weighted by Crippen LogP contribution is 2.35. The summed E-state index contributed by atoms with van der Waals surface area (Å²) in [6.07, 6.45) is 5.02. The lowest BCUT2D eigenvalue weighted by Gasteiger charge is -2.30. The Bertz CT molecular complexity index is 544. The lowest BCUT2D eigenvalue weighted by molar-refractivity contribution is -0.120. The van der Waals surface area contributed by atoms with Crippen LogP contribution < -0.4 is 9.64 Å². The summed E-state index contributed by atoms with van der Waals surface area (Å²) in [6.45, 7) is 13.4. The SMILES string of the molecule is C=C/C=C(\C=C)N1C(=O)COc2ccc(C)cc21.CC. The van der Waals surface area contributed by atoms with Crippen molar-refractivity contribution in [1.82, 2.24) is 0 Å². The number of rotatable bonds is 3. The van der Waals surface area contributed by atoms with E-state index in [1.165, 1.54) is 0 Å². The van der Waals surface area contributed by atoms with Gasteiger partial charge in [-0.2, -0.15) is 0 Å². The molecule has 0 aromatic heterocycles. The first kappa shape index (κ1) is 15.8. The van der Waals surface area contributed by atoms with Crippen LogP contribution in [0.4, 0.5) is 5.69 Å². The first-order chi connectivity index (χ1) is 9.67. The van der Waals surface area contributed by atoms with E-state index >= 15 is 0 Å². The number of benzene rings is 1. The Kier molecular flexibility index (Phi) is 5.78. The Morgan fingerprint density at radius 1 is 1.35 bits per heavy atom. The zero-order valence-corrected chi connectivity index (χ0v) is 12.3. The normalized spacial score (nSPS) is 13.7. The molecule has 1 amide bonds. The number of amides is 1. The Balaban J connectivity index is 0.000000956. The van der Waals surface area contributed by atoms with Gasteiger partial charge in [0.25, 0.3) is 5.91 Å². The van der Waals surface area contributed by atoms with Gasteiger partial charge in [-0.15, -0.1) is 0 Å². The second-order valence-corrected chi connectivity index (χ2v) is 4.02. The van der Waals surface area contributed by atoms with Crippen LogP contribution in [0, 0.1) is 6.92 Å². The van der Waals surface area contributed by atoms with Gasteiger partial charge >= 0.3 is 0 Å². The second-order valence-electron chi connectivity index (χ2n) is 4.02. The highest BCUT2D eigenvalue weighted by Gasteiger charge is 2.27. The minimum absolute atomic E-state index is 0.0401. The van der Waals surface area contributed by atoms with Crippen LogP contribution in [0.15, 0.2) is 55.3 Å². The fourth-order valence-electron chi connectivity index (χ4n) is 1.90. The summed E-state index contributed by atoms with van der Waals surface area (Å²) in [5.74, 6) is 0.595. The molecule has 0 fully saturated rings. The highest BCUT2D eigenvalue weighted by molar-refractivity contribution is 6.01. The smallest absolute Gasteiger partial charge is 0.269 e. The predicted molar refractivity (Wildman–Crippen MR) is 84.0 cm³/mol. The fraction of sp³-hybridized carbons (Fsp3) is 0.235. The second kappa shape index (κ2) is 7.34. The largest absolute Gasteiger partial charge is 0.482 e. The number of fused-ring (bicyclic) bond motifs is 1. The summed E-state index contributed by atoms with van der Waals surface area (Å²) < 4.78 is 5.42. The maximum atomic E-state index is 12.0. The summed E-state index contributed by atoms with van der Waals surface area (Å²) >= 11 is 0. The molecule has 0 N–H and O–H groups in total. The summed E-state index contributed by atoms with van der Waals surface area (Å²) in [7, 11) is 0. The first-order valence-corrected chi connectivity index (χ1v) is 6.69. The minimum atomic E-state index is -0.110. The maximum absolute atomic E-state index is 12.0. The van der Waals surface area contributed by atoms with Crippen LogP contribution in [0.3, 0.4) is 0 Å². The number of allylic oxidation sites excluding steroid dienone is 3. The van der Waals surface area contributed by atoms with Gasteiger partial charge < -0.3 is 4.74 Å². The van der Waals surface area contributed by atoms with Crippen molar-refractivity contribution in [3.8, 4) is 5.75 Å². The van der Waals surface area contributed by atoms with Gasteiger partial charge in [-0.25, -0.2) is 0 Å². The number of hydrogen-bond donors (Lipinski definition) is 0. The zero-order chi connectivity index (χ0) is 15.1. The lowest BCUT2D eigenvalue weighted by Crippen LogP contribution is -2.37. The quantitative estimate of drug-likeness (QED) is 0.778. The molecular formula is C17H21NO2. The van der Waals surface area contributed by atoms with Crippen LogP contribution >= 0.6 is 0 Å². The van der Waals surface area contributed by atoms with Crippen molar-refractivity contribution in [3.63, 3.8) is 0 Å². The van der Waals surface area contributed by atoms with Crippen molar-refractivity contribution >= 4 is 11.6 Å². The van der Waals surface area contributed by atoms with E-state index in [2.05, 4.69) is 13.2 Å². The standard InChI is InChI=1S/C15H15NO2.C2H6/c1-4-6-12(5-2)16-13-9-11(3)7-8-14(13)18-10-15(16)17;1-2/h4-9H,1-2,10H2,3H3;1-2H3/b12-6+;. The van der Waals surface area contributed by atoms with Gasteiger partial charge in [0.15, 0.2) is 6.61 Å². The van der Waals surface area contributed by atoms with Gasteiger partial charge in [0, 0.05) is 5.70 Å². The number of carbonyl (C=O) groups excluding carboxylic acids is 1. The molecule has 0 radical (unpaired) electrons. The van der Waals surface area contributed by atoms with Crippen LogP contribution in [0.25, 0.3) is 0 Å². The van der Waals surface area contributed by atoms with E-state index < -0.39 is 0 Å². The van der Waals surface area contributed by atoms with Gasteiger partial charge in [0.05, 0.1) is 5.69 Å². The molecule has 0 atom stereocenters. The van der Waals surface area contributed by atoms with Gasteiger partial charge in [-0.3, -0.25) is 9.69 Å². The molecule has 2 rings (SSSR count). The minimum Gasteiger partial charge on any atom is -0.482 e. The van der Waals surface area contributed by atoms with Crippen molar-refractivity contribution in [2.45, 2.75) is 20.8 Å². The average Bonchev–Trinajstić information content (AvgIpc) is 2.47. The van der Waals surface area contributed by atoms with E-state index in [4.69, 9.17) is 4.74 Å². The average molecular weight is 271 g/mol. The van der Waals surface area contributed by atoms with Crippen molar-refractivity contribution < 1.29 is 9.53 Å². The summed E-state index contributed by atoms with van der Waals surface area (Å²) in [5.41, 5.74) is 2.52. The van der Waals surface area contributed by atoms with Crippen molar-refractivity contribution in [2.75, 3.05) is 11.5 Å². The molecule has 3 nitrogen and oxygen atoms in total. The van der Waals surface area contributed by atoms with E-state index in [0.29, 0.717) is 11.4 Å². The molecule has 1 heterocycles. The van der Waals surface area contributed by atoms with E-state index in [1.807, 2.05) is 39.0 Å². The third-order valence-electron chi connectivity index (χ3n) is 2.71. The Morgan fingerprint density at radius 3 is 2.65 bits per heavy atom. The molecule has 0 saturated heterocycles. The van der Waals surface area contributed by atoms with Gasteiger partial charge in [0.1, 0.15) is 5.75 Å². The summed E-state index contributed by atoms with van der Waals surface area (Å²) in [6, 6.07) is 5.75. The number of ether oxygens (including phenoxy) is 1. The van der Waals surface area contributed by atoms with Gasteiger partial charge in [0.2, 0.25) is 0 Å². The van der Waals surface area contributed by atoms with Crippen LogP contribution in [-0.4, -0.2) is 12.5 Å². The molecule has 20 heavy (non-hydrogen) atoms. The molecule has 0 aliphatic carbocycles. The van der Waals surface area contributed by atoms with Crippen LogP contribution in [0.2, 0.25) is 0 Å². The summed E-state index contributed by atoms with van der Waals surface area (Å²) in [4.78, 5) is 13.6. The van der Waals surface area contributed by atoms with Crippen LogP contribution in [-0.2, 0) is 4.79 Å². The molecule has 0 saturated carbocycles. The van der Waals surface area contributed by atoms with Crippen LogP contribution in [0.5, 0.6) is 5.75 Å². The third-order valence-corrected chi connectivity index (χ3v) is 2.71. The van der Waals surface area contributed by atoms with Crippen LogP contribution in [0.1, 0.15) is 19.4 Å². The number of nitrogens with zero attached hydrogens (tertiary/aromatic N) is 1. The van der Waals surface area contributed by atoms with E-state index in [1.54, 1.807) is 23.1 Å². The number of carbonyl (C=O) groups is 1. The molecule has 0 spiro atoms. The lowest BCUT2D eigenvalue weighted by atomic mass is 10.1. The molecule has 1 aliphatic heterocycles. The topological polar surface area (TPSA) is 29.5 Å². The summed E-state index contributed by atoms with van der Waals surface area (Å²) in [5, 5.41) is 0. The zero-order valence-electron chi connectivity index (χ0n) is 12.3. The molecule has 1 aromatic rings. The van der Waals surface area contributed by atoms with Gasteiger partial charge in [-0.1, -0.05) is 39.1 Å². The Morgan fingerprint density at radius 2 is 2.05 bits per heavy atom. The van der Waals surface area contributed by atoms with Gasteiger partial charge in [-0.05, 0) is 36.8 Å². The Hall–Kier alpha value is -2.29. The monoisotopic (exact) mass is 271 g/mol. The molecular weight excluding hydrogens is 250 g/mol. The molecule has 3 heteroatoms. The van der Waals surface area contributed by atoms with Crippen molar-refractivity contribution in [3.05, 3.63) is 60.8 Å². The molecule has 106 valence electrons. The molecule has 0 unspecified atom stereocenters. The number of anilines is 1. The maximum Gasteiger partial charge on any atom is 0.269 e. The fourth-order valence-corrected chi connectivity index (χ4v) is 1.90. The Labute approximate surface area is 120 Å². The van der Waals surface area contributed by atoms with E-state index in [0.717, 1.165) is 11.3 Å². The van der Waals surface area contributed by atoms with E-state index in [-0.39, 0.29) is 12.5 Å². The highest BCUT2D eigenvalue weighted by atomic mass is 16.5. The molecule has 1 aliphatic rings. The van der Waals surface area contributed by atoms with Crippen molar-refractivity contribution in [2.24, 2.45) is 0 Å².